The van der Waals surface area contributed by atoms with E-state index in [2.05, 4.69) is 14.6 Å². The minimum atomic E-state index is -0.0838. The van der Waals surface area contributed by atoms with E-state index >= 15 is 0 Å². The first-order valence-electron chi connectivity index (χ1n) is 5.88. The number of carbonyl (C=O) groups excluding carboxylic acids is 1. The van der Waals surface area contributed by atoms with Gasteiger partial charge in [-0.2, -0.15) is 0 Å². The predicted octanol–water partition coefficient (Wildman–Crippen LogP) is 1.14. The van der Waals surface area contributed by atoms with Crippen molar-refractivity contribution >= 4 is 17.4 Å². The van der Waals surface area contributed by atoms with Crippen LogP contribution in [-0.4, -0.2) is 44.6 Å². The fourth-order valence-corrected chi connectivity index (χ4v) is 2.31. The molecular formula is C12H12N4O2S. The molecule has 0 spiro atoms. The maximum absolute atomic E-state index is 11.9. The minimum absolute atomic E-state index is 0.0392. The summed E-state index contributed by atoms with van der Waals surface area (Å²) >= 11 is 1.18. The van der Waals surface area contributed by atoms with Crippen molar-refractivity contribution in [3.8, 4) is 5.75 Å². The topological polar surface area (TPSA) is 68.2 Å². The van der Waals surface area contributed by atoms with E-state index in [1.165, 1.54) is 11.5 Å². The number of hydrogen-bond donors (Lipinski definition) is 0. The number of rotatable bonds is 3. The van der Waals surface area contributed by atoms with E-state index in [-0.39, 0.29) is 12.0 Å². The van der Waals surface area contributed by atoms with Gasteiger partial charge in [0, 0.05) is 23.3 Å². The molecule has 2 aromatic heterocycles. The van der Waals surface area contributed by atoms with Crippen molar-refractivity contribution in [1.82, 2.24) is 19.5 Å². The molecule has 3 rings (SSSR count). The molecule has 1 aliphatic heterocycles. The third kappa shape index (κ3) is 2.55. The molecular weight excluding hydrogens is 264 g/mol. The first-order valence-corrected chi connectivity index (χ1v) is 6.71. The summed E-state index contributed by atoms with van der Waals surface area (Å²) in [4.78, 5) is 17.7. The normalized spacial score (nSPS) is 15.1. The van der Waals surface area contributed by atoms with E-state index < -0.39 is 0 Å². The highest BCUT2D eigenvalue weighted by Crippen LogP contribution is 2.19. The maximum atomic E-state index is 11.9. The number of carbonyl (C=O) groups is 1. The lowest BCUT2D eigenvalue weighted by Crippen LogP contribution is -2.56. The number of pyridine rings is 1. The van der Waals surface area contributed by atoms with Gasteiger partial charge in [0.25, 0.3) is 5.91 Å². The summed E-state index contributed by atoms with van der Waals surface area (Å²) in [6.45, 7) is 3.08. The number of likely N-dealkylation sites (tertiary alicyclic amines) is 1. The van der Waals surface area contributed by atoms with Crippen LogP contribution in [-0.2, 0) is 0 Å². The molecule has 0 aromatic carbocycles. The zero-order valence-electron chi connectivity index (χ0n) is 10.3. The number of aryl methyl sites for hydroxylation is 1. The monoisotopic (exact) mass is 276 g/mol. The van der Waals surface area contributed by atoms with Crippen LogP contribution in [0.4, 0.5) is 0 Å². The van der Waals surface area contributed by atoms with E-state index in [4.69, 9.17) is 4.74 Å². The molecule has 1 fully saturated rings. The Morgan fingerprint density at radius 1 is 1.53 bits per heavy atom. The Morgan fingerprint density at radius 2 is 2.37 bits per heavy atom. The lowest BCUT2D eigenvalue weighted by molar-refractivity contribution is 0.0173. The Hall–Kier alpha value is -2.02. The van der Waals surface area contributed by atoms with Gasteiger partial charge in [0.15, 0.2) is 5.69 Å². The highest BCUT2D eigenvalue weighted by atomic mass is 32.1. The Bertz CT molecular complexity index is 581. The Labute approximate surface area is 114 Å². The molecule has 0 N–H and O–H groups in total. The number of nitrogens with zero attached hydrogens (tertiary/aromatic N) is 4. The third-order valence-electron chi connectivity index (χ3n) is 2.89. The summed E-state index contributed by atoms with van der Waals surface area (Å²) in [5.41, 5.74) is 1.32. The van der Waals surface area contributed by atoms with Crippen LogP contribution in [0.5, 0.6) is 5.75 Å². The van der Waals surface area contributed by atoms with Crippen LogP contribution < -0.4 is 4.74 Å². The Morgan fingerprint density at radius 3 is 3.05 bits per heavy atom. The van der Waals surface area contributed by atoms with Gasteiger partial charge >= 0.3 is 0 Å². The second-order valence-corrected chi connectivity index (χ2v) is 4.98. The molecule has 1 amide bonds. The lowest BCUT2D eigenvalue weighted by atomic mass is 10.1. The molecule has 0 saturated carbocycles. The predicted molar refractivity (Wildman–Crippen MR) is 69.2 cm³/mol. The number of ether oxygens (including phenoxy) is 1. The molecule has 6 nitrogen and oxygen atoms in total. The minimum Gasteiger partial charge on any atom is -0.487 e. The summed E-state index contributed by atoms with van der Waals surface area (Å²) in [6.07, 6.45) is 1.75. The van der Waals surface area contributed by atoms with Gasteiger partial charge in [0.05, 0.1) is 13.1 Å². The van der Waals surface area contributed by atoms with Gasteiger partial charge in [0.2, 0.25) is 0 Å². The number of aromatic nitrogens is 3. The van der Waals surface area contributed by atoms with Crippen LogP contribution in [0, 0.1) is 6.92 Å². The molecule has 1 aliphatic rings. The van der Waals surface area contributed by atoms with Gasteiger partial charge in [-0.1, -0.05) is 4.49 Å². The average molecular weight is 276 g/mol. The summed E-state index contributed by atoms with van der Waals surface area (Å²) in [5, 5.41) is 5.42. The molecule has 19 heavy (non-hydrogen) atoms. The second-order valence-electron chi connectivity index (χ2n) is 4.37. The van der Waals surface area contributed by atoms with Crippen LogP contribution in [0.15, 0.2) is 23.7 Å². The van der Waals surface area contributed by atoms with Crippen molar-refractivity contribution in [2.45, 2.75) is 13.0 Å². The van der Waals surface area contributed by atoms with Crippen molar-refractivity contribution in [2.75, 3.05) is 13.1 Å². The Kier molecular flexibility index (Phi) is 3.12. The first kappa shape index (κ1) is 12.0. The summed E-state index contributed by atoms with van der Waals surface area (Å²) in [7, 11) is 0. The van der Waals surface area contributed by atoms with E-state index in [0.717, 1.165) is 11.4 Å². The standard InChI is InChI=1S/C12H12N4O2S/c1-8-4-9(2-3-13-8)18-10-5-16(6-10)12(17)11-7-19-15-14-11/h2-4,7,10H,5-6H2,1H3. The van der Waals surface area contributed by atoms with Gasteiger partial charge < -0.3 is 9.64 Å². The average Bonchev–Trinajstić information content (AvgIpc) is 2.86. The van der Waals surface area contributed by atoms with Crippen LogP contribution in [0.2, 0.25) is 0 Å². The maximum Gasteiger partial charge on any atom is 0.275 e. The van der Waals surface area contributed by atoms with E-state index in [9.17, 15) is 4.79 Å². The number of hydrogen-bond acceptors (Lipinski definition) is 6. The van der Waals surface area contributed by atoms with E-state index in [1.54, 1.807) is 16.5 Å². The summed E-state index contributed by atoms with van der Waals surface area (Å²) in [5.74, 6) is 0.708. The molecule has 98 valence electrons. The highest BCUT2D eigenvalue weighted by Gasteiger charge is 2.33. The van der Waals surface area contributed by atoms with Gasteiger partial charge in [-0.3, -0.25) is 9.78 Å². The fraction of sp³-hybridized carbons (Fsp3) is 0.333. The van der Waals surface area contributed by atoms with Crippen LogP contribution >= 0.6 is 11.5 Å². The van der Waals surface area contributed by atoms with Crippen molar-refractivity contribution < 1.29 is 9.53 Å². The van der Waals surface area contributed by atoms with Gasteiger partial charge in [-0.05, 0) is 24.5 Å². The van der Waals surface area contributed by atoms with Gasteiger partial charge in [-0.15, -0.1) is 5.10 Å². The first-order chi connectivity index (χ1) is 9.22. The van der Waals surface area contributed by atoms with Crippen molar-refractivity contribution in [3.05, 3.63) is 35.1 Å². The SMILES string of the molecule is Cc1cc(OC2CN(C(=O)c3csnn3)C2)ccn1. The molecule has 1 saturated heterocycles. The van der Waals surface area contributed by atoms with Crippen LogP contribution in [0.25, 0.3) is 0 Å². The molecule has 0 atom stereocenters. The van der Waals surface area contributed by atoms with Crippen molar-refractivity contribution in [1.29, 1.82) is 0 Å². The third-order valence-corrected chi connectivity index (χ3v) is 3.39. The van der Waals surface area contributed by atoms with E-state index in [1.807, 2.05) is 19.1 Å². The molecule has 0 aliphatic carbocycles. The molecule has 7 heteroatoms. The largest absolute Gasteiger partial charge is 0.487 e. The van der Waals surface area contributed by atoms with Crippen molar-refractivity contribution in [2.24, 2.45) is 0 Å². The van der Waals surface area contributed by atoms with Gasteiger partial charge in [0.1, 0.15) is 11.9 Å². The van der Waals surface area contributed by atoms with Crippen LogP contribution in [0.1, 0.15) is 16.2 Å². The quantitative estimate of drug-likeness (QED) is 0.841. The van der Waals surface area contributed by atoms with E-state index in [0.29, 0.717) is 18.8 Å². The molecule has 0 bridgehead atoms. The zero-order valence-corrected chi connectivity index (χ0v) is 11.1. The zero-order chi connectivity index (χ0) is 13.2. The van der Waals surface area contributed by atoms with Crippen molar-refractivity contribution in [3.63, 3.8) is 0 Å². The van der Waals surface area contributed by atoms with Crippen LogP contribution in [0.3, 0.4) is 0 Å². The molecule has 0 radical (unpaired) electrons. The smallest absolute Gasteiger partial charge is 0.275 e. The molecule has 2 aromatic rings. The molecule has 3 heterocycles. The lowest BCUT2D eigenvalue weighted by Gasteiger charge is -2.38. The number of amides is 1. The summed E-state index contributed by atoms with van der Waals surface area (Å²) < 4.78 is 9.45. The fourth-order valence-electron chi connectivity index (χ4n) is 1.88. The second kappa shape index (κ2) is 4.93. The summed E-state index contributed by atoms with van der Waals surface area (Å²) in [6, 6.07) is 3.71. The highest BCUT2D eigenvalue weighted by molar-refractivity contribution is 7.03. The Balaban J connectivity index is 1.54. The molecule has 0 unspecified atom stereocenters. The van der Waals surface area contributed by atoms with Gasteiger partial charge in [-0.25, -0.2) is 0 Å².